The van der Waals surface area contributed by atoms with Gasteiger partial charge in [-0.2, -0.15) is 5.26 Å². The summed E-state index contributed by atoms with van der Waals surface area (Å²) < 4.78 is 2.28. The summed E-state index contributed by atoms with van der Waals surface area (Å²) in [5, 5.41) is 19.8. The van der Waals surface area contributed by atoms with Crippen molar-refractivity contribution in [2.45, 2.75) is 51.6 Å². The molecule has 0 N–H and O–H groups in total. The third-order valence-electron chi connectivity index (χ3n) is 8.28. The van der Waals surface area contributed by atoms with Crippen LogP contribution in [0.1, 0.15) is 54.6 Å². The van der Waals surface area contributed by atoms with Crippen molar-refractivity contribution in [3.05, 3.63) is 58.5 Å². The summed E-state index contributed by atoms with van der Waals surface area (Å²) in [6, 6.07) is 10.7. The molecule has 1 spiro atoms. The largest absolute Gasteiger partial charge is 0.355 e. The van der Waals surface area contributed by atoms with Crippen LogP contribution in [0.15, 0.2) is 30.5 Å². The molecule has 178 valence electrons. The molecule has 0 radical (unpaired) electrons. The maximum atomic E-state index is 9.65. The summed E-state index contributed by atoms with van der Waals surface area (Å²) >= 11 is 6.40. The fourth-order valence-electron chi connectivity index (χ4n) is 6.32. The second-order valence-corrected chi connectivity index (χ2v) is 11.5. The topological polar surface area (TPSA) is 86.8 Å². The molecule has 1 aromatic carbocycles. The zero-order valence-corrected chi connectivity index (χ0v) is 20.5. The van der Waals surface area contributed by atoms with Gasteiger partial charge in [-0.3, -0.25) is 9.47 Å². The number of halogens is 1. The molecule has 3 fully saturated rings. The average molecular weight is 487 g/mol. The van der Waals surface area contributed by atoms with Crippen molar-refractivity contribution in [3.8, 4) is 11.8 Å². The van der Waals surface area contributed by atoms with Gasteiger partial charge in [0.1, 0.15) is 17.5 Å². The smallest absolute Gasteiger partial charge is 0.151 e. The van der Waals surface area contributed by atoms with E-state index in [0.717, 1.165) is 85.9 Å². The van der Waals surface area contributed by atoms with Gasteiger partial charge in [-0.05, 0) is 62.4 Å². The second kappa shape index (κ2) is 7.49. The molecule has 3 aromatic rings. The quantitative estimate of drug-likeness (QED) is 0.550. The average Bonchev–Trinajstić information content (AvgIpc) is 3.47. The first-order valence-electron chi connectivity index (χ1n) is 12.4. The minimum absolute atomic E-state index is 0.199. The summed E-state index contributed by atoms with van der Waals surface area (Å²) in [6.07, 6.45) is 6.05. The molecular weight excluding hydrogens is 460 g/mol. The van der Waals surface area contributed by atoms with Crippen molar-refractivity contribution in [1.82, 2.24) is 29.6 Å². The molecule has 0 amide bonds. The van der Waals surface area contributed by atoms with Crippen LogP contribution in [0.5, 0.6) is 0 Å². The number of fused-ring (bicyclic) bond motifs is 3. The van der Waals surface area contributed by atoms with Crippen LogP contribution >= 0.6 is 11.6 Å². The second-order valence-electron chi connectivity index (χ2n) is 11.0. The molecule has 35 heavy (non-hydrogen) atoms. The number of aryl methyl sites for hydroxylation is 1. The standard InChI is InChI=1S/C26H27ClN8/c1-17-29-7-4-22(30-17)34-15-26(16-34)9-19(10-26)24-32-31-23-12-33(14-25(13-28)5-6-25)11-18-8-20(27)2-3-21(18)35(23)24/h2-4,7-8,19H,5-6,9-12,14-16H2,1H3. The maximum Gasteiger partial charge on any atom is 0.151 e. The van der Waals surface area contributed by atoms with E-state index in [0.29, 0.717) is 17.9 Å². The van der Waals surface area contributed by atoms with Gasteiger partial charge in [0, 0.05) is 48.7 Å². The Kier molecular flexibility index (Phi) is 4.55. The Hall–Kier alpha value is -3.02. The molecule has 8 nitrogen and oxygen atoms in total. The van der Waals surface area contributed by atoms with Gasteiger partial charge in [0.15, 0.2) is 5.82 Å². The fraction of sp³-hybridized carbons (Fsp3) is 0.500. The van der Waals surface area contributed by atoms with Gasteiger partial charge in [-0.1, -0.05) is 11.6 Å². The number of nitrogens with zero attached hydrogens (tertiary/aromatic N) is 8. The van der Waals surface area contributed by atoms with Gasteiger partial charge >= 0.3 is 0 Å². The van der Waals surface area contributed by atoms with Crippen LogP contribution < -0.4 is 4.90 Å². The van der Waals surface area contributed by atoms with Crippen LogP contribution in [-0.2, 0) is 13.1 Å². The van der Waals surface area contributed by atoms with E-state index in [-0.39, 0.29) is 5.41 Å². The van der Waals surface area contributed by atoms with Crippen LogP contribution in [0.25, 0.3) is 5.69 Å². The number of hydrogen-bond acceptors (Lipinski definition) is 7. The predicted octanol–water partition coefficient (Wildman–Crippen LogP) is 4.02. The Morgan fingerprint density at radius 1 is 1.14 bits per heavy atom. The van der Waals surface area contributed by atoms with Crippen molar-refractivity contribution < 1.29 is 0 Å². The van der Waals surface area contributed by atoms with Crippen molar-refractivity contribution in [1.29, 1.82) is 5.26 Å². The third-order valence-corrected chi connectivity index (χ3v) is 8.51. The molecule has 0 unspecified atom stereocenters. The maximum absolute atomic E-state index is 9.65. The van der Waals surface area contributed by atoms with E-state index in [1.54, 1.807) is 0 Å². The summed E-state index contributed by atoms with van der Waals surface area (Å²) in [5.74, 6) is 4.27. The van der Waals surface area contributed by atoms with Crippen molar-refractivity contribution in [2.75, 3.05) is 24.5 Å². The van der Waals surface area contributed by atoms with Crippen LogP contribution in [0.2, 0.25) is 5.02 Å². The molecule has 0 bridgehead atoms. The number of benzene rings is 1. The van der Waals surface area contributed by atoms with E-state index in [9.17, 15) is 5.26 Å². The highest BCUT2D eigenvalue weighted by atomic mass is 35.5. The van der Waals surface area contributed by atoms with E-state index in [1.165, 1.54) is 5.56 Å². The van der Waals surface area contributed by atoms with Crippen LogP contribution in [0, 0.1) is 29.1 Å². The van der Waals surface area contributed by atoms with Gasteiger partial charge in [-0.15, -0.1) is 10.2 Å². The summed E-state index contributed by atoms with van der Waals surface area (Å²) in [6.45, 7) is 6.24. The Bertz CT molecular complexity index is 1360. The first kappa shape index (κ1) is 21.3. The molecule has 1 saturated heterocycles. The lowest BCUT2D eigenvalue weighted by atomic mass is 9.57. The highest BCUT2D eigenvalue weighted by Crippen LogP contribution is 2.56. The van der Waals surface area contributed by atoms with Gasteiger partial charge in [0.25, 0.3) is 0 Å². The van der Waals surface area contributed by atoms with E-state index < -0.39 is 0 Å². The molecule has 4 heterocycles. The summed E-state index contributed by atoms with van der Waals surface area (Å²) in [4.78, 5) is 13.5. The molecular formula is C26H27ClN8. The third kappa shape index (κ3) is 3.52. The molecule has 2 saturated carbocycles. The Morgan fingerprint density at radius 3 is 2.71 bits per heavy atom. The number of nitriles is 1. The lowest BCUT2D eigenvalue weighted by Gasteiger charge is -2.59. The normalized spacial score (nSPS) is 21.9. The highest BCUT2D eigenvalue weighted by Gasteiger charge is 2.54. The predicted molar refractivity (Wildman–Crippen MR) is 131 cm³/mol. The van der Waals surface area contributed by atoms with Crippen LogP contribution in [-0.4, -0.2) is 49.3 Å². The zero-order valence-electron chi connectivity index (χ0n) is 19.8. The van der Waals surface area contributed by atoms with E-state index in [4.69, 9.17) is 16.7 Å². The molecule has 7 rings (SSSR count). The molecule has 4 aliphatic rings. The molecule has 2 aliphatic heterocycles. The minimum atomic E-state index is -0.199. The van der Waals surface area contributed by atoms with Crippen molar-refractivity contribution in [2.24, 2.45) is 10.8 Å². The monoisotopic (exact) mass is 486 g/mol. The van der Waals surface area contributed by atoms with Crippen molar-refractivity contribution >= 4 is 17.4 Å². The Labute approximate surface area is 209 Å². The van der Waals surface area contributed by atoms with Gasteiger partial charge in [0.05, 0.1) is 23.7 Å². The van der Waals surface area contributed by atoms with Crippen LogP contribution in [0.4, 0.5) is 5.82 Å². The van der Waals surface area contributed by atoms with Gasteiger partial charge in [-0.25, -0.2) is 9.97 Å². The number of anilines is 1. The SMILES string of the molecule is Cc1nccc(N2CC3(CC(c4nnc5n4-c4ccc(Cl)cc4CN(CC4(C#N)CC4)C5)C3)C2)n1. The number of aromatic nitrogens is 5. The molecule has 2 aliphatic carbocycles. The minimum Gasteiger partial charge on any atom is -0.355 e. The first-order valence-corrected chi connectivity index (χ1v) is 12.7. The fourth-order valence-corrected chi connectivity index (χ4v) is 6.52. The van der Waals surface area contributed by atoms with E-state index in [2.05, 4.69) is 47.6 Å². The lowest BCUT2D eigenvalue weighted by molar-refractivity contribution is 0.0581. The Morgan fingerprint density at radius 2 is 1.97 bits per heavy atom. The molecule has 0 atom stereocenters. The van der Waals surface area contributed by atoms with E-state index >= 15 is 0 Å². The number of hydrogen-bond donors (Lipinski definition) is 0. The van der Waals surface area contributed by atoms with Crippen molar-refractivity contribution in [3.63, 3.8) is 0 Å². The van der Waals surface area contributed by atoms with Crippen LogP contribution in [0.3, 0.4) is 0 Å². The summed E-state index contributed by atoms with van der Waals surface area (Å²) in [5.41, 5.74) is 2.45. The molecule has 9 heteroatoms. The molecule has 2 aromatic heterocycles. The Balaban J connectivity index is 1.14. The summed E-state index contributed by atoms with van der Waals surface area (Å²) in [7, 11) is 0. The first-order chi connectivity index (χ1) is 16.9. The lowest BCUT2D eigenvalue weighted by Crippen LogP contribution is -2.62. The van der Waals surface area contributed by atoms with Gasteiger partial charge < -0.3 is 4.90 Å². The number of rotatable bonds is 4. The highest BCUT2D eigenvalue weighted by molar-refractivity contribution is 6.30. The van der Waals surface area contributed by atoms with Gasteiger partial charge in [0.2, 0.25) is 0 Å². The van der Waals surface area contributed by atoms with E-state index in [1.807, 2.05) is 25.3 Å². The zero-order chi connectivity index (χ0) is 23.8.